The van der Waals surface area contributed by atoms with Gasteiger partial charge in [-0.25, -0.2) is 0 Å². The van der Waals surface area contributed by atoms with Crippen LogP contribution >= 0.6 is 0 Å². The number of aliphatic hydroxyl groups is 1. The van der Waals surface area contributed by atoms with E-state index in [0.29, 0.717) is 6.42 Å². The third-order valence-electron chi connectivity index (χ3n) is 1.79. The van der Waals surface area contributed by atoms with Crippen LogP contribution in [0.5, 0.6) is 0 Å². The van der Waals surface area contributed by atoms with E-state index in [1.165, 1.54) is 6.08 Å². The number of unbranched alkanes of at least 4 members (excludes halogenated alkanes) is 3. The van der Waals surface area contributed by atoms with Crippen molar-refractivity contribution in [1.29, 1.82) is 0 Å². The van der Waals surface area contributed by atoms with Crippen LogP contribution in [0.4, 0.5) is 0 Å². The van der Waals surface area contributed by atoms with Crippen LogP contribution in [0.2, 0.25) is 0 Å². The first-order valence-corrected chi connectivity index (χ1v) is 4.74. The fourth-order valence-corrected chi connectivity index (χ4v) is 1.04. The van der Waals surface area contributed by atoms with E-state index in [-0.39, 0.29) is 41.7 Å². The molecule has 0 aromatic carbocycles. The molecule has 0 aromatic rings. The molecule has 14 heavy (non-hydrogen) atoms. The van der Waals surface area contributed by atoms with Crippen LogP contribution < -0.4 is 34.7 Å². The molecule has 0 atom stereocenters. The summed E-state index contributed by atoms with van der Waals surface area (Å²) < 4.78 is 0. The van der Waals surface area contributed by atoms with Gasteiger partial charge in [-0.1, -0.05) is 26.2 Å². The van der Waals surface area contributed by atoms with Gasteiger partial charge in [-0.05, 0) is 12.5 Å². The van der Waals surface area contributed by atoms with Gasteiger partial charge >= 0.3 is 29.6 Å². The molecule has 1 N–H and O–H groups in total. The van der Waals surface area contributed by atoms with E-state index in [2.05, 4.69) is 6.92 Å². The number of allylic oxidation sites excluding steroid dienone is 1. The Bertz CT molecular complexity index is 178. The minimum absolute atomic E-state index is 0. The van der Waals surface area contributed by atoms with E-state index in [4.69, 9.17) is 5.11 Å². The molecule has 0 bridgehead atoms. The van der Waals surface area contributed by atoms with Crippen LogP contribution in [-0.4, -0.2) is 11.1 Å². The Hall–Kier alpha value is 0.0100. The van der Waals surface area contributed by atoms with E-state index in [1.807, 2.05) is 0 Å². The van der Waals surface area contributed by atoms with Crippen molar-refractivity contribution in [2.75, 3.05) is 0 Å². The minimum Gasteiger partial charge on any atom is -0.550 e. The van der Waals surface area contributed by atoms with Gasteiger partial charge in [-0.3, -0.25) is 0 Å². The van der Waals surface area contributed by atoms with Crippen molar-refractivity contribution in [3.05, 3.63) is 11.8 Å². The number of carboxylic acids is 1. The smallest absolute Gasteiger partial charge is 0.550 e. The Kier molecular flexibility index (Phi) is 13.0. The summed E-state index contributed by atoms with van der Waals surface area (Å²) in [5, 5.41) is 19.2. The average Bonchev–Trinajstić information content (AvgIpc) is 2.09. The summed E-state index contributed by atoms with van der Waals surface area (Å²) in [5.41, 5.74) is 0. The zero-order chi connectivity index (χ0) is 10.1. The number of hydrogen-bond donors (Lipinski definition) is 1. The van der Waals surface area contributed by atoms with Crippen LogP contribution in [0, 0.1) is 0 Å². The molecule has 0 aliphatic carbocycles. The Labute approximate surface area is 107 Å². The predicted molar refractivity (Wildman–Crippen MR) is 49.1 cm³/mol. The monoisotopic (exact) mass is 208 g/mol. The number of carboxylic acid groups (broad SMARTS) is 1. The van der Waals surface area contributed by atoms with Gasteiger partial charge in [0.1, 0.15) is 0 Å². The second-order valence-electron chi connectivity index (χ2n) is 3.08. The topological polar surface area (TPSA) is 60.4 Å². The molecule has 0 aromatic heterocycles. The summed E-state index contributed by atoms with van der Waals surface area (Å²) in [5.74, 6) is -0.986. The van der Waals surface area contributed by atoms with Gasteiger partial charge in [0, 0.05) is 18.8 Å². The Balaban J connectivity index is 0. The van der Waals surface area contributed by atoms with Crippen molar-refractivity contribution in [2.24, 2.45) is 0 Å². The molecule has 4 heteroatoms. The van der Waals surface area contributed by atoms with Crippen LogP contribution in [-0.2, 0) is 4.79 Å². The molecule has 0 radical (unpaired) electrons. The normalized spacial score (nSPS) is 10.8. The van der Waals surface area contributed by atoms with Crippen LogP contribution in [0.15, 0.2) is 11.8 Å². The SMILES string of the molecule is CCCCCCC(O)=CCC(=O)[O-].[Na+]. The summed E-state index contributed by atoms with van der Waals surface area (Å²) >= 11 is 0. The molecule has 0 rings (SSSR count). The maximum Gasteiger partial charge on any atom is 1.00 e. The van der Waals surface area contributed by atoms with Gasteiger partial charge in [0.25, 0.3) is 0 Å². The maximum absolute atomic E-state index is 10.0. The molecule has 0 amide bonds. The van der Waals surface area contributed by atoms with Crippen molar-refractivity contribution in [1.82, 2.24) is 0 Å². The van der Waals surface area contributed by atoms with Gasteiger partial charge in [0.15, 0.2) is 0 Å². The number of carbonyl (C=O) groups is 1. The molecule has 0 aliphatic heterocycles. The molecule has 0 unspecified atom stereocenters. The minimum atomic E-state index is -1.15. The summed E-state index contributed by atoms with van der Waals surface area (Å²) in [7, 11) is 0. The van der Waals surface area contributed by atoms with Crippen molar-refractivity contribution in [3.8, 4) is 0 Å². The zero-order valence-electron chi connectivity index (χ0n) is 9.08. The fourth-order valence-electron chi connectivity index (χ4n) is 1.04. The molecule has 76 valence electrons. The van der Waals surface area contributed by atoms with E-state index >= 15 is 0 Å². The van der Waals surface area contributed by atoms with E-state index in [9.17, 15) is 9.90 Å². The fraction of sp³-hybridized carbons (Fsp3) is 0.700. The number of hydrogen-bond acceptors (Lipinski definition) is 3. The maximum atomic E-state index is 10.0. The van der Waals surface area contributed by atoms with Gasteiger partial charge in [-0.2, -0.15) is 0 Å². The van der Waals surface area contributed by atoms with Crippen LogP contribution in [0.1, 0.15) is 45.4 Å². The number of carbonyl (C=O) groups excluding carboxylic acids is 1. The largest absolute Gasteiger partial charge is 1.00 e. The molecule has 0 saturated carbocycles. The summed E-state index contributed by atoms with van der Waals surface area (Å²) in [6.07, 6.45) is 6.01. The molecule has 0 fully saturated rings. The van der Waals surface area contributed by atoms with Crippen molar-refractivity contribution < 1.29 is 44.6 Å². The van der Waals surface area contributed by atoms with Gasteiger partial charge in [0.05, 0.1) is 5.76 Å². The molecule has 0 heterocycles. The van der Waals surface area contributed by atoms with Crippen molar-refractivity contribution in [3.63, 3.8) is 0 Å². The Morgan fingerprint density at radius 3 is 2.50 bits per heavy atom. The van der Waals surface area contributed by atoms with E-state index < -0.39 is 5.97 Å². The van der Waals surface area contributed by atoms with Gasteiger partial charge < -0.3 is 15.0 Å². The summed E-state index contributed by atoms with van der Waals surface area (Å²) in [6, 6.07) is 0. The standard InChI is InChI=1S/C10H18O3.Na/c1-2-3-4-5-6-9(11)7-8-10(12)13;/h7,11H,2-6,8H2,1H3,(H,12,13);/q;+1/p-1. The first-order chi connectivity index (χ1) is 6.16. The average molecular weight is 208 g/mol. The first-order valence-electron chi connectivity index (χ1n) is 4.74. The summed E-state index contributed by atoms with van der Waals surface area (Å²) in [4.78, 5) is 10.0. The molecule has 0 spiro atoms. The van der Waals surface area contributed by atoms with E-state index in [0.717, 1.165) is 25.7 Å². The second-order valence-corrected chi connectivity index (χ2v) is 3.08. The quantitative estimate of drug-likeness (QED) is 0.316. The zero-order valence-corrected chi connectivity index (χ0v) is 11.1. The molecular formula is C10H17NaO3. The van der Waals surface area contributed by atoms with Gasteiger partial charge in [-0.15, -0.1) is 0 Å². The Morgan fingerprint density at radius 1 is 1.36 bits per heavy atom. The Morgan fingerprint density at radius 2 is 2.00 bits per heavy atom. The van der Waals surface area contributed by atoms with Crippen LogP contribution in [0.3, 0.4) is 0 Å². The van der Waals surface area contributed by atoms with E-state index in [1.54, 1.807) is 0 Å². The van der Waals surface area contributed by atoms with Crippen LogP contribution in [0.25, 0.3) is 0 Å². The van der Waals surface area contributed by atoms with Crippen molar-refractivity contribution in [2.45, 2.75) is 45.4 Å². The first kappa shape index (κ1) is 16.4. The number of aliphatic carboxylic acids is 1. The molecule has 3 nitrogen and oxygen atoms in total. The summed E-state index contributed by atoms with van der Waals surface area (Å²) in [6.45, 7) is 2.12. The number of rotatable bonds is 7. The van der Waals surface area contributed by atoms with Gasteiger partial charge in [0.2, 0.25) is 0 Å². The predicted octanol–water partition coefficient (Wildman–Crippen LogP) is -1.46. The molecule has 0 aliphatic rings. The third kappa shape index (κ3) is 12.0. The third-order valence-corrected chi connectivity index (χ3v) is 1.79. The number of aliphatic hydroxyl groups excluding tert-OH is 1. The second kappa shape index (κ2) is 11.1. The molecule has 0 saturated heterocycles. The van der Waals surface area contributed by atoms with Crippen molar-refractivity contribution >= 4 is 5.97 Å². The molecular weight excluding hydrogens is 191 g/mol.